The van der Waals surface area contributed by atoms with E-state index in [2.05, 4.69) is 31.6 Å². The fraction of sp³-hybridized carbons (Fsp3) is 0.500. The number of rotatable bonds is 3. The van der Waals surface area contributed by atoms with E-state index in [1.54, 1.807) is 4.68 Å². The van der Waals surface area contributed by atoms with Crippen LogP contribution in [0.1, 0.15) is 60.0 Å². The second-order valence-corrected chi connectivity index (χ2v) is 7.64. The van der Waals surface area contributed by atoms with E-state index in [1.165, 1.54) is 19.3 Å². The number of fused-ring (bicyclic) bond motifs is 1. The zero-order valence-corrected chi connectivity index (χ0v) is 15.5. The number of nitrogens with one attached hydrogen (secondary N) is 1. The number of aromatic nitrogens is 3. The molecule has 1 atom stereocenters. The van der Waals surface area contributed by atoms with Crippen LogP contribution < -0.4 is 5.32 Å². The number of hydrogen-bond donors (Lipinski definition) is 1. The van der Waals surface area contributed by atoms with Gasteiger partial charge in [0.2, 0.25) is 0 Å². The molecule has 6 nitrogen and oxygen atoms in total. The van der Waals surface area contributed by atoms with Crippen molar-refractivity contribution in [3.63, 3.8) is 0 Å². The van der Waals surface area contributed by atoms with Crippen molar-refractivity contribution in [1.29, 1.82) is 0 Å². The predicted molar refractivity (Wildman–Crippen MR) is 96.0 cm³/mol. The van der Waals surface area contributed by atoms with Crippen LogP contribution in [0.5, 0.6) is 0 Å². The zero-order chi connectivity index (χ0) is 17.2. The lowest BCUT2D eigenvalue weighted by molar-refractivity contribution is -0.00179. The fourth-order valence-corrected chi connectivity index (χ4v) is 3.83. The van der Waals surface area contributed by atoms with Crippen LogP contribution in [0.2, 0.25) is 0 Å². The monoisotopic (exact) mass is 404 g/mol. The average Bonchev–Trinajstić information content (AvgIpc) is 3.06. The third-order valence-electron chi connectivity index (χ3n) is 4.99. The standard InChI is InChI=1S/C18H21BrN4O2/c19-13-8-6-12(7-9-13)16-10-23-15(11-25-16)17(21-22-23)18(24)20-14-4-2-1-3-5-14/h6-9,14,16H,1-5,10-11H2,(H,20,24)/t16-/m1/s1. The molecular formula is C18H21BrN4O2. The summed E-state index contributed by atoms with van der Waals surface area (Å²) in [6.07, 6.45) is 5.66. The maximum atomic E-state index is 12.5. The van der Waals surface area contributed by atoms with Crippen LogP contribution in [-0.4, -0.2) is 26.9 Å². The maximum absolute atomic E-state index is 12.5. The van der Waals surface area contributed by atoms with E-state index in [0.717, 1.165) is 28.6 Å². The Balaban J connectivity index is 1.46. The van der Waals surface area contributed by atoms with Gasteiger partial charge in [-0.15, -0.1) is 5.10 Å². The molecule has 4 rings (SSSR count). The molecule has 1 aliphatic carbocycles. The first-order chi connectivity index (χ1) is 12.2. The van der Waals surface area contributed by atoms with Crippen molar-refractivity contribution < 1.29 is 9.53 Å². The van der Waals surface area contributed by atoms with Gasteiger partial charge in [-0.1, -0.05) is 52.5 Å². The molecule has 0 spiro atoms. The SMILES string of the molecule is O=C(NC1CCCCC1)c1nnn2c1CO[C@@H](c1ccc(Br)cc1)C2. The molecule has 0 saturated heterocycles. The Bertz CT molecular complexity index is 753. The highest BCUT2D eigenvalue weighted by atomic mass is 79.9. The van der Waals surface area contributed by atoms with Gasteiger partial charge in [-0.25, -0.2) is 4.68 Å². The van der Waals surface area contributed by atoms with Crippen molar-refractivity contribution in [2.75, 3.05) is 0 Å². The number of halogens is 1. The summed E-state index contributed by atoms with van der Waals surface area (Å²) in [5, 5.41) is 11.4. The summed E-state index contributed by atoms with van der Waals surface area (Å²) in [6, 6.07) is 8.33. The molecule has 1 fully saturated rings. The third kappa shape index (κ3) is 3.62. The lowest BCUT2D eigenvalue weighted by atomic mass is 9.95. The van der Waals surface area contributed by atoms with E-state index < -0.39 is 0 Å². The van der Waals surface area contributed by atoms with Gasteiger partial charge in [0.25, 0.3) is 5.91 Å². The lowest BCUT2D eigenvalue weighted by Crippen LogP contribution is -2.37. The number of hydrogen-bond acceptors (Lipinski definition) is 4. The van der Waals surface area contributed by atoms with E-state index >= 15 is 0 Å². The van der Waals surface area contributed by atoms with E-state index in [0.29, 0.717) is 18.8 Å². The molecule has 7 heteroatoms. The molecule has 1 amide bonds. The van der Waals surface area contributed by atoms with Crippen LogP contribution in [0, 0.1) is 0 Å². The lowest BCUT2D eigenvalue weighted by Gasteiger charge is -2.25. The van der Waals surface area contributed by atoms with Gasteiger partial charge in [0.05, 0.1) is 18.8 Å². The van der Waals surface area contributed by atoms with Crippen molar-refractivity contribution in [1.82, 2.24) is 20.3 Å². The second kappa shape index (κ2) is 7.25. The smallest absolute Gasteiger partial charge is 0.274 e. The third-order valence-corrected chi connectivity index (χ3v) is 5.52. The van der Waals surface area contributed by atoms with Gasteiger partial charge in [0.1, 0.15) is 6.10 Å². The fourth-order valence-electron chi connectivity index (χ4n) is 3.57. The molecular weight excluding hydrogens is 384 g/mol. The maximum Gasteiger partial charge on any atom is 0.274 e. The minimum atomic E-state index is -0.126. The number of benzene rings is 1. The van der Waals surface area contributed by atoms with Gasteiger partial charge < -0.3 is 10.1 Å². The van der Waals surface area contributed by atoms with Crippen LogP contribution in [0.25, 0.3) is 0 Å². The molecule has 1 aliphatic heterocycles. The molecule has 1 N–H and O–H groups in total. The van der Waals surface area contributed by atoms with E-state index in [9.17, 15) is 4.79 Å². The average molecular weight is 405 g/mol. The highest BCUT2D eigenvalue weighted by molar-refractivity contribution is 9.10. The van der Waals surface area contributed by atoms with Crippen LogP contribution in [0.3, 0.4) is 0 Å². The molecule has 2 heterocycles. The molecule has 132 valence electrons. The number of carbonyl (C=O) groups is 1. The van der Waals surface area contributed by atoms with Crippen molar-refractivity contribution in [3.8, 4) is 0 Å². The summed E-state index contributed by atoms with van der Waals surface area (Å²) >= 11 is 3.44. The quantitative estimate of drug-likeness (QED) is 0.850. The summed E-state index contributed by atoms with van der Waals surface area (Å²) in [6.45, 7) is 0.918. The van der Waals surface area contributed by atoms with Gasteiger partial charge in [-0.2, -0.15) is 0 Å². The first kappa shape index (κ1) is 16.7. The van der Waals surface area contributed by atoms with E-state index in [4.69, 9.17) is 4.74 Å². The Morgan fingerprint density at radius 3 is 2.72 bits per heavy atom. The molecule has 2 aliphatic rings. The highest BCUT2D eigenvalue weighted by Gasteiger charge is 2.28. The Hall–Kier alpha value is -1.73. The first-order valence-corrected chi connectivity index (χ1v) is 9.60. The Labute approximate surface area is 155 Å². The minimum absolute atomic E-state index is 0.0726. The number of amides is 1. The Kier molecular flexibility index (Phi) is 4.85. The molecule has 0 unspecified atom stereocenters. The number of nitrogens with zero attached hydrogens (tertiary/aromatic N) is 3. The Morgan fingerprint density at radius 2 is 1.96 bits per heavy atom. The molecule has 0 radical (unpaired) electrons. The van der Waals surface area contributed by atoms with Gasteiger partial charge in [0.15, 0.2) is 5.69 Å². The predicted octanol–water partition coefficient (Wildman–Crippen LogP) is 3.37. The summed E-state index contributed by atoms with van der Waals surface area (Å²) in [5.41, 5.74) is 2.26. The van der Waals surface area contributed by atoms with Crippen molar-refractivity contribution in [2.24, 2.45) is 0 Å². The number of ether oxygens (including phenoxy) is 1. The first-order valence-electron chi connectivity index (χ1n) is 8.81. The van der Waals surface area contributed by atoms with Gasteiger partial charge >= 0.3 is 0 Å². The Morgan fingerprint density at radius 1 is 1.20 bits per heavy atom. The highest BCUT2D eigenvalue weighted by Crippen LogP contribution is 2.28. The molecule has 1 aromatic heterocycles. The van der Waals surface area contributed by atoms with Gasteiger partial charge in [-0.3, -0.25) is 4.79 Å². The van der Waals surface area contributed by atoms with Crippen LogP contribution in [0.15, 0.2) is 28.7 Å². The second-order valence-electron chi connectivity index (χ2n) is 6.73. The van der Waals surface area contributed by atoms with Crippen molar-refractivity contribution in [3.05, 3.63) is 45.7 Å². The summed E-state index contributed by atoms with van der Waals surface area (Å²) < 4.78 is 8.81. The van der Waals surface area contributed by atoms with Crippen molar-refractivity contribution >= 4 is 21.8 Å². The van der Waals surface area contributed by atoms with Crippen LogP contribution in [-0.2, 0) is 17.9 Å². The largest absolute Gasteiger partial charge is 0.365 e. The minimum Gasteiger partial charge on any atom is -0.365 e. The molecule has 1 saturated carbocycles. The van der Waals surface area contributed by atoms with Gasteiger partial charge in [0, 0.05) is 10.5 Å². The summed E-state index contributed by atoms with van der Waals surface area (Å²) in [7, 11) is 0. The van der Waals surface area contributed by atoms with E-state index in [1.807, 2.05) is 24.3 Å². The summed E-state index contributed by atoms with van der Waals surface area (Å²) in [4.78, 5) is 12.5. The molecule has 1 aromatic carbocycles. The molecule has 0 bridgehead atoms. The van der Waals surface area contributed by atoms with Gasteiger partial charge in [-0.05, 0) is 30.5 Å². The topological polar surface area (TPSA) is 69.0 Å². The zero-order valence-electron chi connectivity index (χ0n) is 13.9. The van der Waals surface area contributed by atoms with E-state index in [-0.39, 0.29) is 18.1 Å². The normalized spacial score (nSPS) is 20.9. The molecule has 2 aromatic rings. The molecule has 25 heavy (non-hydrogen) atoms. The van der Waals surface area contributed by atoms with Crippen molar-refractivity contribution in [2.45, 2.75) is 57.4 Å². The summed E-state index contributed by atoms with van der Waals surface area (Å²) in [5.74, 6) is -0.126. The number of carbonyl (C=O) groups excluding carboxylic acids is 1. The van der Waals surface area contributed by atoms with Crippen LogP contribution >= 0.6 is 15.9 Å². The van der Waals surface area contributed by atoms with Crippen LogP contribution in [0.4, 0.5) is 0 Å².